The number of allylic oxidation sites excluding steroid dienone is 2. The molecule has 0 radical (unpaired) electrons. The lowest BCUT2D eigenvalue weighted by molar-refractivity contribution is 0.307. The highest BCUT2D eigenvalue weighted by atomic mass is 35.5. The summed E-state index contributed by atoms with van der Waals surface area (Å²) >= 11 is 12.1. The van der Waals surface area contributed by atoms with Gasteiger partial charge in [0.2, 0.25) is 0 Å². The van der Waals surface area contributed by atoms with Gasteiger partial charge in [-0.1, -0.05) is 53.6 Å². The van der Waals surface area contributed by atoms with Crippen LogP contribution in [0.4, 0.5) is 0 Å². The molecule has 4 heteroatoms. The summed E-state index contributed by atoms with van der Waals surface area (Å²) in [5.74, 6) is 1.01. The Hall–Kier alpha value is -2.68. The molecule has 0 atom stereocenters. The molecule has 3 rings (SSSR count). The van der Waals surface area contributed by atoms with Crippen LogP contribution in [-0.4, -0.2) is 5.11 Å². The van der Waals surface area contributed by atoms with Gasteiger partial charge in [-0.05, 0) is 71.5 Å². The van der Waals surface area contributed by atoms with Gasteiger partial charge < -0.3 is 9.84 Å². The van der Waals surface area contributed by atoms with Crippen molar-refractivity contribution in [3.63, 3.8) is 0 Å². The number of rotatable bonds is 8. The van der Waals surface area contributed by atoms with Crippen molar-refractivity contribution in [1.82, 2.24) is 0 Å². The number of ether oxygens (including phenoxy) is 1. The van der Waals surface area contributed by atoms with Gasteiger partial charge in [0, 0.05) is 5.56 Å². The van der Waals surface area contributed by atoms with Gasteiger partial charge >= 0.3 is 0 Å². The summed E-state index contributed by atoms with van der Waals surface area (Å²) in [6.45, 7) is 7.95. The molecular weight excluding hydrogens is 403 g/mol. The van der Waals surface area contributed by atoms with Crippen molar-refractivity contribution in [2.45, 2.75) is 19.4 Å². The molecule has 148 valence electrons. The van der Waals surface area contributed by atoms with Crippen LogP contribution in [0.1, 0.15) is 16.7 Å². The maximum Gasteiger partial charge on any atom is 0.127 e. The van der Waals surface area contributed by atoms with Crippen LogP contribution in [0, 0.1) is 0 Å². The Morgan fingerprint density at radius 1 is 0.828 bits per heavy atom. The maximum absolute atomic E-state index is 10.1. The van der Waals surface area contributed by atoms with E-state index in [0.29, 0.717) is 23.1 Å². The zero-order chi connectivity index (χ0) is 20.8. The van der Waals surface area contributed by atoms with E-state index >= 15 is 0 Å². The molecule has 0 unspecified atom stereocenters. The second-order valence-electron chi connectivity index (χ2n) is 6.70. The molecule has 0 spiro atoms. The van der Waals surface area contributed by atoms with Crippen LogP contribution in [0.15, 0.2) is 79.9 Å². The lowest BCUT2D eigenvalue weighted by Gasteiger charge is -2.15. The van der Waals surface area contributed by atoms with Crippen LogP contribution in [0.25, 0.3) is 11.1 Å². The molecule has 3 aromatic carbocycles. The van der Waals surface area contributed by atoms with Gasteiger partial charge in [-0.15, -0.1) is 13.2 Å². The fourth-order valence-electron chi connectivity index (χ4n) is 3.08. The molecule has 29 heavy (non-hydrogen) atoms. The molecular formula is C25H22Cl2O2. The Morgan fingerprint density at radius 3 is 2.31 bits per heavy atom. The third-order valence-electron chi connectivity index (χ3n) is 4.56. The van der Waals surface area contributed by atoms with Gasteiger partial charge in [0.05, 0.1) is 10.0 Å². The first kappa shape index (κ1) is 21.0. The van der Waals surface area contributed by atoms with E-state index in [-0.39, 0.29) is 5.75 Å². The van der Waals surface area contributed by atoms with Gasteiger partial charge in [0.15, 0.2) is 0 Å². The summed E-state index contributed by atoms with van der Waals surface area (Å²) in [7, 11) is 0. The highest BCUT2D eigenvalue weighted by molar-refractivity contribution is 6.42. The van der Waals surface area contributed by atoms with E-state index < -0.39 is 0 Å². The zero-order valence-corrected chi connectivity index (χ0v) is 17.5. The molecule has 0 aromatic heterocycles. The SMILES string of the molecule is C=CCc1ccc(OCc2ccc(Cl)c(Cl)c2)c(-c2ccc(O)c(CC=C)c2)c1. The van der Waals surface area contributed by atoms with Gasteiger partial charge in [0.1, 0.15) is 18.1 Å². The average Bonchev–Trinajstić information content (AvgIpc) is 2.71. The summed E-state index contributed by atoms with van der Waals surface area (Å²) in [5, 5.41) is 11.1. The minimum absolute atomic E-state index is 0.258. The van der Waals surface area contributed by atoms with E-state index in [9.17, 15) is 5.11 Å². The molecule has 0 saturated carbocycles. The van der Waals surface area contributed by atoms with E-state index in [2.05, 4.69) is 19.2 Å². The van der Waals surface area contributed by atoms with Crippen molar-refractivity contribution < 1.29 is 9.84 Å². The predicted octanol–water partition coefficient (Wildman–Crippen LogP) is 7.40. The van der Waals surface area contributed by atoms with Gasteiger partial charge in [-0.3, -0.25) is 0 Å². The standard InChI is InChI=1S/C25H22Cl2O2/c1-3-5-17-8-12-25(29-16-18-7-10-22(26)23(27)14-18)21(13-17)19-9-11-24(28)20(15-19)6-4-2/h3-4,7-15,28H,1-2,5-6,16H2. The molecule has 2 nitrogen and oxygen atoms in total. The van der Waals surface area contributed by atoms with E-state index in [1.165, 1.54) is 0 Å². The summed E-state index contributed by atoms with van der Waals surface area (Å²) < 4.78 is 6.13. The molecule has 0 aliphatic heterocycles. The van der Waals surface area contributed by atoms with Gasteiger partial charge in [-0.25, -0.2) is 0 Å². The summed E-state index contributed by atoms with van der Waals surface area (Å²) in [4.78, 5) is 0. The Morgan fingerprint density at radius 2 is 1.59 bits per heavy atom. The fraction of sp³-hybridized carbons (Fsp3) is 0.120. The van der Waals surface area contributed by atoms with Crippen LogP contribution in [0.3, 0.4) is 0 Å². The normalized spacial score (nSPS) is 10.6. The van der Waals surface area contributed by atoms with Crippen LogP contribution in [0.2, 0.25) is 10.0 Å². The van der Waals surface area contributed by atoms with Crippen molar-refractivity contribution in [2.24, 2.45) is 0 Å². The maximum atomic E-state index is 10.1. The van der Waals surface area contributed by atoms with Crippen molar-refractivity contribution >= 4 is 23.2 Å². The van der Waals surface area contributed by atoms with E-state index in [1.54, 1.807) is 24.3 Å². The average molecular weight is 425 g/mol. The lowest BCUT2D eigenvalue weighted by atomic mass is 9.97. The number of aromatic hydroxyl groups is 1. The molecule has 3 aromatic rings. The highest BCUT2D eigenvalue weighted by Gasteiger charge is 2.11. The second kappa shape index (κ2) is 9.69. The highest BCUT2D eigenvalue weighted by Crippen LogP contribution is 2.35. The molecule has 0 heterocycles. The largest absolute Gasteiger partial charge is 0.508 e. The van der Waals surface area contributed by atoms with Gasteiger partial charge in [-0.2, -0.15) is 0 Å². The summed E-state index contributed by atoms with van der Waals surface area (Å²) in [6, 6.07) is 17.1. The summed E-state index contributed by atoms with van der Waals surface area (Å²) in [5.41, 5.74) is 4.81. The third-order valence-corrected chi connectivity index (χ3v) is 5.30. The topological polar surface area (TPSA) is 29.5 Å². The number of phenolic OH excluding ortho intramolecular Hbond substituents is 1. The smallest absolute Gasteiger partial charge is 0.127 e. The Labute approximate surface area is 181 Å². The molecule has 0 saturated heterocycles. The van der Waals surface area contributed by atoms with Crippen molar-refractivity contribution in [3.8, 4) is 22.6 Å². The Kier molecular flexibility index (Phi) is 7.03. The van der Waals surface area contributed by atoms with E-state index in [0.717, 1.165) is 40.0 Å². The second-order valence-corrected chi connectivity index (χ2v) is 7.51. The van der Waals surface area contributed by atoms with Crippen LogP contribution >= 0.6 is 23.2 Å². The predicted molar refractivity (Wildman–Crippen MR) is 122 cm³/mol. The van der Waals surface area contributed by atoms with Gasteiger partial charge in [0.25, 0.3) is 0 Å². The van der Waals surface area contributed by atoms with Crippen molar-refractivity contribution in [2.75, 3.05) is 0 Å². The zero-order valence-electron chi connectivity index (χ0n) is 16.0. The first-order chi connectivity index (χ1) is 14.0. The Balaban J connectivity index is 1.96. The fourth-order valence-corrected chi connectivity index (χ4v) is 3.41. The number of benzene rings is 3. The molecule has 0 aliphatic carbocycles. The molecule has 0 amide bonds. The lowest BCUT2D eigenvalue weighted by Crippen LogP contribution is -1.98. The van der Waals surface area contributed by atoms with Crippen molar-refractivity contribution in [3.05, 3.63) is 107 Å². The number of hydrogen-bond donors (Lipinski definition) is 1. The number of halogens is 2. The minimum Gasteiger partial charge on any atom is -0.508 e. The van der Waals surface area contributed by atoms with E-state index in [4.69, 9.17) is 27.9 Å². The third kappa shape index (κ3) is 5.23. The Bertz CT molecular complexity index is 1040. The summed E-state index contributed by atoms with van der Waals surface area (Å²) in [6.07, 6.45) is 4.99. The van der Waals surface area contributed by atoms with Crippen molar-refractivity contribution in [1.29, 1.82) is 0 Å². The van der Waals surface area contributed by atoms with E-state index in [1.807, 2.05) is 36.4 Å². The van der Waals surface area contributed by atoms with Crippen LogP contribution in [0.5, 0.6) is 11.5 Å². The monoisotopic (exact) mass is 424 g/mol. The minimum atomic E-state index is 0.258. The van der Waals surface area contributed by atoms with Crippen LogP contribution in [-0.2, 0) is 19.4 Å². The molecule has 0 fully saturated rings. The first-order valence-corrected chi connectivity index (χ1v) is 10.0. The number of hydrogen-bond acceptors (Lipinski definition) is 2. The number of phenols is 1. The first-order valence-electron chi connectivity index (χ1n) is 9.25. The molecule has 0 aliphatic rings. The quantitative estimate of drug-likeness (QED) is 0.381. The molecule has 0 bridgehead atoms. The molecule has 1 N–H and O–H groups in total. The van der Waals surface area contributed by atoms with Crippen LogP contribution < -0.4 is 4.74 Å².